The van der Waals surface area contributed by atoms with E-state index in [1.54, 1.807) is 32.0 Å². The Hall–Kier alpha value is -3.38. The maximum absolute atomic E-state index is 12.3. The molecule has 0 radical (unpaired) electrons. The van der Waals surface area contributed by atoms with E-state index in [-0.39, 0.29) is 34.4 Å². The zero-order chi connectivity index (χ0) is 24.0. The average Bonchev–Trinajstić information content (AvgIpc) is 2.69. The molecule has 0 atom stereocenters. The zero-order valence-corrected chi connectivity index (χ0v) is 19.8. The van der Waals surface area contributed by atoms with Crippen LogP contribution in [0.25, 0.3) is 0 Å². The number of rotatable bonds is 8. The summed E-state index contributed by atoms with van der Waals surface area (Å²) in [4.78, 5) is 61.2. The van der Waals surface area contributed by atoms with Crippen molar-refractivity contribution in [2.75, 3.05) is 22.1 Å². The number of nitrogens with zero attached hydrogens (tertiary/aromatic N) is 2. The fraction of sp³-hybridized carbons (Fsp3) is 0.238. The number of H-pyrrole nitrogens is 2. The summed E-state index contributed by atoms with van der Waals surface area (Å²) in [5, 5.41) is 6.30. The summed E-state index contributed by atoms with van der Waals surface area (Å²) in [6.45, 7) is 5.26. The van der Waals surface area contributed by atoms with Crippen molar-refractivity contribution in [3.8, 4) is 0 Å². The lowest BCUT2D eigenvalue weighted by atomic mass is 10.2. The number of carbonyl (C=O) groups is 2. The maximum Gasteiger partial charge on any atom is 0.251 e. The third kappa shape index (κ3) is 7.91. The molecule has 172 valence electrons. The zero-order valence-electron chi connectivity index (χ0n) is 18.1. The highest BCUT2D eigenvalue weighted by atomic mass is 32.2. The minimum absolute atomic E-state index is 0.0559. The van der Waals surface area contributed by atoms with Crippen molar-refractivity contribution >= 4 is 46.7 Å². The second-order valence-electron chi connectivity index (χ2n) is 7.15. The molecule has 3 rings (SSSR count). The summed E-state index contributed by atoms with van der Waals surface area (Å²) in [5.74, 6) is -0.449. The Morgan fingerprint density at radius 3 is 1.58 bits per heavy atom. The highest BCUT2D eigenvalue weighted by Crippen LogP contribution is 2.20. The van der Waals surface area contributed by atoms with Crippen LogP contribution in [0.15, 0.2) is 50.2 Å². The highest BCUT2D eigenvalue weighted by Gasteiger charge is 2.10. The van der Waals surface area contributed by atoms with E-state index in [1.165, 1.54) is 12.1 Å². The van der Waals surface area contributed by atoms with Crippen molar-refractivity contribution in [2.24, 2.45) is 0 Å². The first-order valence-corrected chi connectivity index (χ1v) is 11.8. The highest BCUT2D eigenvalue weighted by molar-refractivity contribution is 8.00. The number of amides is 2. The molecule has 0 saturated heterocycles. The standard InChI is InChI=1S/C21H22N6O4S2/c1-11-4-14(24-18(30)9-32-20-22-12(2)6-16(28)26-20)8-15(5-11)25-19(31)10-33-21-23-13(3)7-17(29)27-21/h4-8H,9-10H2,1-3H3,(H,24,30)(H,25,31)(H,22,26,28)(H,23,27,29). The van der Waals surface area contributed by atoms with Gasteiger partial charge < -0.3 is 20.6 Å². The molecule has 33 heavy (non-hydrogen) atoms. The lowest BCUT2D eigenvalue weighted by Crippen LogP contribution is -2.17. The van der Waals surface area contributed by atoms with E-state index in [9.17, 15) is 19.2 Å². The Morgan fingerprint density at radius 2 is 1.18 bits per heavy atom. The Morgan fingerprint density at radius 1 is 0.758 bits per heavy atom. The number of carbonyl (C=O) groups excluding carboxylic acids is 2. The van der Waals surface area contributed by atoms with Gasteiger partial charge in [0, 0.05) is 34.9 Å². The van der Waals surface area contributed by atoms with Crippen LogP contribution in [0, 0.1) is 20.8 Å². The van der Waals surface area contributed by atoms with Gasteiger partial charge in [-0.3, -0.25) is 19.2 Å². The predicted molar refractivity (Wildman–Crippen MR) is 129 cm³/mol. The quantitative estimate of drug-likeness (QED) is 0.280. The van der Waals surface area contributed by atoms with Crippen LogP contribution in [-0.2, 0) is 9.59 Å². The third-order valence-corrected chi connectivity index (χ3v) is 5.77. The minimum atomic E-state index is -0.280. The molecule has 4 N–H and O–H groups in total. The minimum Gasteiger partial charge on any atom is -0.325 e. The summed E-state index contributed by atoms with van der Waals surface area (Å²) in [6.07, 6.45) is 0. The first-order valence-electron chi connectivity index (χ1n) is 9.79. The first-order chi connectivity index (χ1) is 15.7. The van der Waals surface area contributed by atoms with Gasteiger partial charge >= 0.3 is 0 Å². The molecule has 0 aliphatic heterocycles. The van der Waals surface area contributed by atoms with Crippen molar-refractivity contribution in [2.45, 2.75) is 31.1 Å². The molecule has 3 aromatic rings. The molecule has 0 bridgehead atoms. The van der Waals surface area contributed by atoms with Crippen LogP contribution in [0.1, 0.15) is 17.0 Å². The third-order valence-electron chi connectivity index (χ3n) is 4.02. The second-order valence-corrected chi connectivity index (χ2v) is 9.07. The number of aromatic amines is 2. The van der Waals surface area contributed by atoms with Crippen LogP contribution in [-0.4, -0.2) is 43.3 Å². The molecule has 0 fully saturated rings. The monoisotopic (exact) mass is 486 g/mol. The number of thioether (sulfide) groups is 2. The SMILES string of the molecule is Cc1cc(NC(=O)CSc2nc(C)cc(=O)[nH]2)cc(NC(=O)CSc2nc(C)cc(=O)[nH]2)c1. The Bertz CT molecular complexity index is 1210. The van der Waals surface area contributed by atoms with E-state index in [0.29, 0.717) is 33.1 Å². The number of hydrogen-bond donors (Lipinski definition) is 4. The van der Waals surface area contributed by atoms with Gasteiger partial charge in [0.05, 0.1) is 11.5 Å². The van der Waals surface area contributed by atoms with Crippen LogP contribution in [0.4, 0.5) is 11.4 Å². The van der Waals surface area contributed by atoms with Gasteiger partial charge in [-0.1, -0.05) is 23.5 Å². The molecule has 2 amide bonds. The van der Waals surface area contributed by atoms with Gasteiger partial charge in [-0.25, -0.2) is 9.97 Å². The number of hydrogen-bond acceptors (Lipinski definition) is 8. The Kier molecular flexibility index (Phi) is 8.06. The largest absolute Gasteiger partial charge is 0.325 e. The molecule has 0 unspecified atom stereocenters. The van der Waals surface area contributed by atoms with Crippen molar-refractivity contribution in [1.29, 1.82) is 0 Å². The smallest absolute Gasteiger partial charge is 0.251 e. The molecule has 10 nitrogen and oxygen atoms in total. The number of nitrogens with one attached hydrogen (secondary N) is 4. The van der Waals surface area contributed by atoms with Gasteiger partial charge in [0.25, 0.3) is 11.1 Å². The van der Waals surface area contributed by atoms with Gasteiger partial charge in [-0.2, -0.15) is 0 Å². The van der Waals surface area contributed by atoms with Gasteiger partial charge in [0.15, 0.2) is 10.3 Å². The second kappa shape index (κ2) is 11.0. The fourth-order valence-electron chi connectivity index (χ4n) is 2.83. The molecule has 0 saturated carbocycles. The van der Waals surface area contributed by atoms with Crippen LogP contribution in [0.3, 0.4) is 0 Å². The molecule has 12 heteroatoms. The topological polar surface area (TPSA) is 150 Å². The molecular weight excluding hydrogens is 464 g/mol. The first kappa shape index (κ1) is 24.3. The van der Waals surface area contributed by atoms with Gasteiger partial charge in [-0.05, 0) is 44.5 Å². The Balaban J connectivity index is 1.56. The van der Waals surface area contributed by atoms with Crippen molar-refractivity contribution in [3.63, 3.8) is 0 Å². The molecule has 1 aromatic carbocycles. The molecular formula is C21H22N6O4S2. The molecule has 0 aliphatic rings. The fourth-order valence-corrected chi connectivity index (χ4v) is 4.27. The Labute approximate surface area is 197 Å². The van der Waals surface area contributed by atoms with Crippen LogP contribution in [0.2, 0.25) is 0 Å². The van der Waals surface area contributed by atoms with Gasteiger partial charge in [0.2, 0.25) is 11.8 Å². The van der Waals surface area contributed by atoms with Gasteiger partial charge in [-0.15, -0.1) is 0 Å². The summed E-state index contributed by atoms with van der Waals surface area (Å²) in [7, 11) is 0. The maximum atomic E-state index is 12.3. The van der Waals surface area contributed by atoms with E-state index in [4.69, 9.17) is 0 Å². The molecule has 2 aromatic heterocycles. The predicted octanol–water partition coefficient (Wildman–Crippen LogP) is 2.24. The molecule has 2 heterocycles. The van der Waals surface area contributed by atoms with E-state index >= 15 is 0 Å². The van der Waals surface area contributed by atoms with Crippen molar-refractivity contribution < 1.29 is 9.59 Å². The average molecular weight is 487 g/mol. The summed E-state index contributed by atoms with van der Waals surface area (Å²) in [5.41, 5.74) is 2.50. The summed E-state index contributed by atoms with van der Waals surface area (Å²) >= 11 is 2.24. The van der Waals surface area contributed by atoms with E-state index < -0.39 is 0 Å². The van der Waals surface area contributed by atoms with Crippen molar-refractivity contribution in [3.05, 3.63) is 68.0 Å². The van der Waals surface area contributed by atoms with E-state index in [0.717, 1.165) is 29.1 Å². The van der Waals surface area contributed by atoms with Gasteiger partial charge in [0.1, 0.15) is 0 Å². The normalized spacial score (nSPS) is 10.6. The van der Waals surface area contributed by atoms with E-state index in [1.807, 2.05) is 6.92 Å². The van der Waals surface area contributed by atoms with Crippen LogP contribution < -0.4 is 21.8 Å². The van der Waals surface area contributed by atoms with Crippen LogP contribution in [0.5, 0.6) is 0 Å². The summed E-state index contributed by atoms with van der Waals surface area (Å²) < 4.78 is 0. The lowest BCUT2D eigenvalue weighted by molar-refractivity contribution is -0.114. The van der Waals surface area contributed by atoms with Crippen molar-refractivity contribution in [1.82, 2.24) is 19.9 Å². The number of benzene rings is 1. The number of aryl methyl sites for hydroxylation is 3. The molecule has 0 aliphatic carbocycles. The molecule has 0 spiro atoms. The van der Waals surface area contributed by atoms with Crippen LogP contribution >= 0.6 is 23.5 Å². The number of aromatic nitrogens is 4. The number of anilines is 2. The lowest BCUT2D eigenvalue weighted by Gasteiger charge is -2.10. The summed E-state index contributed by atoms with van der Waals surface area (Å²) in [6, 6.07) is 7.96. The van der Waals surface area contributed by atoms with E-state index in [2.05, 4.69) is 30.6 Å².